The van der Waals surface area contributed by atoms with Crippen LogP contribution in [0.25, 0.3) is 0 Å². The maximum atomic E-state index is 4.58. The predicted molar refractivity (Wildman–Crippen MR) is 83.5 cm³/mol. The van der Waals surface area contributed by atoms with Crippen LogP contribution in [0, 0.1) is 0 Å². The Kier molecular flexibility index (Phi) is 3.31. The summed E-state index contributed by atoms with van der Waals surface area (Å²) in [7, 11) is 0. The summed E-state index contributed by atoms with van der Waals surface area (Å²) in [4.78, 5) is 11.5. The molecule has 21 heavy (non-hydrogen) atoms. The summed E-state index contributed by atoms with van der Waals surface area (Å²) in [6.07, 6.45) is 3.95. The predicted octanol–water partition coefficient (Wildman–Crippen LogP) is 2.12. The summed E-state index contributed by atoms with van der Waals surface area (Å²) in [5.74, 6) is 1.76. The first-order valence-corrected chi connectivity index (χ1v) is 7.75. The van der Waals surface area contributed by atoms with E-state index in [0.29, 0.717) is 5.92 Å². The number of nitrogens with one attached hydrogen (secondary N) is 1. The zero-order chi connectivity index (χ0) is 14.1. The van der Waals surface area contributed by atoms with Crippen molar-refractivity contribution in [3.8, 4) is 0 Å². The molecule has 1 saturated heterocycles. The Balaban J connectivity index is 1.59. The van der Waals surface area contributed by atoms with E-state index in [9.17, 15) is 0 Å². The van der Waals surface area contributed by atoms with E-state index in [-0.39, 0.29) is 0 Å². The van der Waals surface area contributed by atoms with Crippen LogP contribution in [-0.2, 0) is 13.0 Å². The molecule has 0 radical (unpaired) electrons. The lowest BCUT2D eigenvalue weighted by Crippen LogP contribution is -2.29. The standard InChI is InChI=1S/C17H20N4/c1-2-4-13(5-3-1)14-7-9-21(11-14)17-15-10-18-8-6-16(15)19-12-20-17/h1-5,12,14,18H,6-11H2. The molecule has 1 fully saturated rings. The molecule has 1 aromatic heterocycles. The van der Waals surface area contributed by atoms with Crippen molar-refractivity contribution in [3.63, 3.8) is 0 Å². The minimum Gasteiger partial charge on any atom is -0.356 e. The Hall–Kier alpha value is -1.94. The van der Waals surface area contributed by atoms with Gasteiger partial charge in [-0.05, 0) is 12.0 Å². The van der Waals surface area contributed by atoms with Crippen LogP contribution in [-0.4, -0.2) is 29.6 Å². The van der Waals surface area contributed by atoms with E-state index in [4.69, 9.17) is 0 Å². The van der Waals surface area contributed by atoms with Crippen molar-refractivity contribution in [1.29, 1.82) is 0 Å². The summed E-state index contributed by atoms with van der Waals surface area (Å²) in [6, 6.07) is 10.8. The number of benzene rings is 1. The van der Waals surface area contributed by atoms with Gasteiger partial charge in [-0.15, -0.1) is 0 Å². The van der Waals surface area contributed by atoms with Crippen LogP contribution >= 0.6 is 0 Å². The van der Waals surface area contributed by atoms with Crippen molar-refractivity contribution in [2.24, 2.45) is 0 Å². The third kappa shape index (κ3) is 2.40. The van der Waals surface area contributed by atoms with Crippen LogP contribution in [0.15, 0.2) is 36.7 Å². The van der Waals surface area contributed by atoms with E-state index in [1.54, 1.807) is 6.33 Å². The average molecular weight is 280 g/mol. The van der Waals surface area contributed by atoms with Gasteiger partial charge in [0.15, 0.2) is 0 Å². The second-order valence-corrected chi connectivity index (χ2v) is 5.89. The van der Waals surface area contributed by atoms with Gasteiger partial charge in [-0.2, -0.15) is 0 Å². The van der Waals surface area contributed by atoms with E-state index in [2.05, 4.69) is 50.5 Å². The summed E-state index contributed by atoms with van der Waals surface area (Å²) in [5, 5.41) is 3.44. The molecule has 108 valence electrons. The van der Waals surface area contributed by atoms with Crippen LogP contribution in [0.3, 0.4) is 0 Å². The van der Waals surface area contributed by atoms with E-state index >= 15 is 0 Å². The van der Waals surface area contributed by atoms with Gasteiger partial charge < -0.3 is 10.2 Å². The minimum absolute atomic E-state index is 0.619. The highest BCUT2D eigenvalue weighted by atomic mass is 15.2. The summed E-state index contributed by atoms with van der Waals surface area (Å²) >= 11 is 0. The molecule has 1 N–H and O–H groups in total. The molecule has 4 rings (SSSR count). The van der Waals surface area contributed by atoms with Crippen LogP contribution in [0.4, 0.5) is 5.82 Å². The van der Waals surface area contributed by atoms with E-state index in [1.165, 1.54) is 23.2 Å². The molecule has 4 nitrogen and oxygen atoms in total. The van der Waals surface area contributed by atoms with Crippen LogP contribution in [0.5, 0.6) is 0 Å². The molecular formula is C17H20N4. The van der Waals surface area contributed by atoms with Gasteiger partial charge in [0, 0.05) is 44.1 Å². The molecular weight excluding hydrogens is 260 g/mol. The van der Waals surface area contributed by atoms with E-state index < -0.39 is 0 Å². The van der Waals surface area contributed by atoms with Crippen molar-refractivity contribution in [3.05, 3.63) is 53.5 Å². The Bertz CT molecular complexity index is 626. The molecule has 1 unspecified atom stereocenters. The second-order valence-electron chi connectivity index (χ2n) is 5.89. The molecule has 4 heteroatoms. The fourth-order valence-corrected chi connectivity index (χ4v) is 3.48. The Labute approximate surface area is 125 Å². The zero-order valence-electron chi connectivity index (χ0n) is 12.1. The molecule has 0 spiro atoms. The largest absolute Gasteiger partial charge is 0.356 e. The molecule has 1 atom stereocenters. The molecule has 2 aliphatic rings. The highest BCUT2D eigenvalue weighted by Crippen LogP contribution is 2.32. The Morgan fingerprint density at radius 2 is 2.05 bits per heavy atom. The Morgan fingerprint density at radius 1 is 1.14 bits per heavy atom. The van der Waals surface area contributed by atoms with Crippen LogP contribution < -0.4 is 10.2 Å². The first-order chi connectivity index (χ1) is 10.4. The van der Waals surface area contributed by atoms with Gasteiger partial charge in [-0.25, -0.2) is 9.97 Å². The molecule has 0 bridgehead atoms. The van der Waals surface area contributed by atoms with Gasteiger partial charge in [0.25, 0.3) is 0 Å². The van der Waals surface area contributed by atoms with Crippen molar-refractivity contribution in [1.82, 2.24) is 15.3 Å². The number of nitrogens with zero attached hydrogens (tertiary/aromatic N) is 3. The number of rotatable bonds is 2. The SMILES string of the molecule is c1ccc(C2CCN(c3ncnc4c3CNCC4)C2)cc1. The van der Waals surface area contributed by atoms with E-state index in [1.807, 2.05) is 0 Å². The third-order valence-corrected chi connectivity index (χ3v) is 4.61. The van der Waals surface area contributed by atoms with Crippen LogP contribution in [0.2, 0.25) is 0 Å². The second kappa shape index (κ2) is 5.45. The van der Waals surface area contributed by atoms with Gasteiger partial charge in [0.05, 0.1) is 5.69 Å². The maximum Gasteiger partial charge on any atom is 0.136 e. The topological polar surface area (TPSA) is 41.1 Å². The summed E-state index contributed by atoms with van der Waals surface area (Å²) < 4.78 is 0. The van der Waals surface area contributed by atoms with Crippen LogP contribution in [0.1, 0.15) is 29.2 Å². The van der Waals surface area contributed by atoms with Gasteiger partial charge in [-0.1, -0.05) is 30.3 Å². The van der Waals surface area contributed by atoms with Crippen molar-refractivity contribution in [2.75, 3.05) is 24.5 Å². The molecule has 0 aliphatic carbocycles. The van der Waals surface area contributed by atoms with Crippen molar-refractivity contribution in [2.45, 2.75) is 25.3 Å². The average Bonchev–Trinajstić information content (AvgIpc) is 3.05. The number of fused-ring (bicyclic) bond motifs is 1. The zero-order valence-corrected chi connectivity index (χ0v) is 12.1. The molecule has 0 amide bonds. The quantitative estimate of drug-likeness (QED) is 0.915. The number of hydrogen-bond acceptors (Lipinski definition) is 4. The van der Waals surface area contributed by atoms with Gasteiger partial charge >= 0.3 is 0 Å². The first kappa shape index (κ1) is 12.8. The molecule has 2 aromatic rings. The number of hydrogen-bond donors (Lipinski definition) is 1. The fraction of sp³-hybridized carbons (Fsp3) is 0.412. The number of anilines is 1. The summed E-state index contributed by atoms with van der Waals surface area (Å²) in [5.41, 5.74) is 3.97. The first-order valence-electron chi connectivity index (χ1n) is 7.75. The molecule has 1 aromatic carbocycles. The highest BCUT2D eigenvalue weighted by Gasteiger charge is 2.27. The van der Waals surface area contributed by atoms with E-state index in [0.717, 1.165) is 38.4 Å². The molecule has 0 saturated carbocycles. The van der Waals surface area contributed by atoms with Gasteiger partial charge in [0.1, 0.15) is 12.1 Å². The lowest BCUT2D eigenvalue weighted by molar-refractivity contribution is 0.623. The third-order valence-electron chi connectivity index (χ3n) is 4.61. The Morgan fingerprint density at radius 3 is 2.95 bits per heavy atom. The van der Waals surface area contributed by atoms with Gasteiger partial charge in [0.2, 0.25) is 0 Å². The van der Waals surface area contributed by atoms with Crippen molar-refractivity contribution >= 4 is 5.82 Å². The lowest BCUT2D eigenvalue weighted by Gasteiger charge is -2.24. The van der Waals surface area contributed by atoms with Gasteiger partial charge in [-0.3, -0.25) is 0 Å². The minimum atomic E-state index is 0.619. The highest BCUT2D eigenvalue weighted by molar-refractivity contribution is 5.51. The summed E-state index contributed by atoms with van der Waals surface area (Å²) in [6.45, 7) is 4.07. The molecule has 2 aliphatic heterocycles. The smallest absolute Gasteiger partial charge is 0.136 e. The number of aromatic nitrogens is 2. The maximum absolute atomic E-state index is 4.58. The molecule has 3 heterocycles. The van der Waals surface area contributed by atoms with Crippen molar-refractivity contribution < 1.29 is 0 Å². The normalized spacial score (nSPS) is 21.3. The lowest BCUT2D eigenvalue weighted by atomic mass is 9.99. The fourth-order valence-electron chi connectivity index (χ4n) is 3.48. The monoisotopic (exact) mass is 280 g/mol.